The number of halogens is 1. The maximum Gasteiger partial charge on any atom is 0.207 e. The van der Waals surface area contributed by atoms with E-state index < -0.39 is 0 Å². The number of nitrogens with one attached hydrogen (secondary N) is 1. The molecule has 0 spiro atoms. The molecule has 4 heteroatoms. The van der Waals surface area contributed by atoms with Gasteiger partial charge in [-0.25, -0.2) is 9.37 Å². The molecule has 2 aromatic rings. The first-order chi connectivity index (χ1) is 8.24. The van der Waals surface area contributed by atoms with Crippen molar-refractivity contribution >= 4 is 11.6 Å². The van der Waals surface area contributed by atoms with Gasteiger partial charge in [-0.1, -0.05) is 0 Å². The molecule has 17 heavy (non-hydrogen) atoms. The van der Waals surface area contributed by atoms with Crippen LogP contribution in [-0.4, -0.2) is 9.55 Å². The van der Waals surface area contributed by atoms with E-state index in [1.165, 1.54) is 18.9 Å². The van der Waals surface area contributed by atoms with E-state index in [-0.39, 0.29) is 5.82 Å². The number of anilines is 2. The van der Waals surface area contributed by atoms with Crippen molar-refractivity contribution in [3.05, 3.63) is 42.0 Å². The van der Waals surface area contributed by atoms with Crippen LogP contribution in [0.5, 0.6) is 0 Å². The van der Waals surface area contributed by atoms with E-state index in [1.807, 2.05) is 6.20 Å². The van der Waals surface area contributed by atoms with Crippen LogP contribution in [0.15, 0.2) is 30.6 Å². The SMILES string of the molecule is Cc1cc(Nc2nccn2C2CC2)ccc1F. The van der Waals surface area contributed by atoms with Crippen LogP contribution in [0.1, 0.15) is 24.4 Å². The van der Waals surface area contributed by atoms with Gasteiger partial charge in [-0.05, 0) is 43.5 Å². The molecule has 0 saturated heterocycles. The molecule has 3 rings (SSSR count). The molecule has 0 atom stereocenters. The standard InChI is InChI=1S/C13H14FN3/c1-9-8-10(2-5-12(9)14)16-13-15-6-7-17(13)11-3-4-11/h2,5-8,11H,3-4H2,1H3,(H,15,16). The van der Waals surface area contributed by atoms with Crippen LogP contribution in [0.4, 0.5) is 16.0 Å². The number of hydrogen-bond donors (Lipinski definition) is 1. The van der Waals surface area contributed by atoms with E-state index in [9.17, 15) is 4.39 Å². The van der Waals surface area contributed by atoms with E-state index >= 15 is 0 Å². The largest absolute Gasteiger partial charge is 0.326 e. The number of aryl methyl sites for hydroxylation is 1. The van der Waals surface area contributed by atoms with Crippen molar-refractivity contribution in [2.24, 2.45) is 0 Å². The summed E-state index contributed by atoms with van der Waals surface area (Å²) in [6.07, 6.45) is 6.20. The van der Waals surface area contributed by atoms with Gasteiger partial charge in [0.15, 0.2) is 0 Å². The Morgan fingerprint density at radius 2 is 2.24 bits per heavy atom. The highest BCUT2D eigenvalue weighted by Gasteiger charge is 2.25. The summed E-state index contributed by atoms with van der Waals surface area (Å²) in [6, 6.07) is 5.58. The van der Waals surface area contributed by atoms with Crippen molar-refractivity contribution in [1.82, 2.24) is 9.55 Å². The van der Waals surface area contributed by atoms with Gasteiger partial charge in [0.2, 0.25) is 5.95 Å². The van der Waals surface area contributed by atoms with E-state index in [2.05, 4.69) is 14.9 Å². The Bertz CT molecular complexity index is 543. The first-order valence-corrected chi connectivity index (χ1v) is 5.80. The Morgan fingerprint density at radius 3 is 2.94 bits per heavy atom. The molecule has 1 aliphatic rings. The molecule has 88 valence electrons. The van der Waals surface area contributed by atoms with Gasteiger partial charge in [-0.2, -0.15) is 0 Å². The minimum Gasteiger partial charge on any atom is -0.326 e. The third kappa shape index (κ3) is 2.02. The van der Waals surface area contributed by atoms with E-state index in [0.717, 1.165) is 11.6 Å². The molecule has 0 bridgehead atoms. The average molecular weight is 231 g/mol. The third-order valence-electron chi connectivity index (χ3n) is 3.02. The summed E-state index contributed by atoms with van der Waals surface area (Å²) in [4.78, 5) is 4.28. The molecule has 1 saturated carbocycles. The molecule has 1 aromatic carbocycles. The van der Waals surface area contributed by atoms with Gasteiger partial charge in [-0.3, -0.25) is 0 Å². The first-order valence-electron chi connectivity index (χ1n) is 5.80. The lowest BCUT2D eigenvalue weighted by molar-refractivity contribution is 0.619. The van der Waals surface area contributed by atoms with Gasteiger partial charge in [0.25, 0.3) is 0 Å². The minimum atomic E-state index is -0.180. The Morgan fingerprint density at radius 1 is 1.41 bits per heavy atom. The lowest BCUT2D eigenvalue weighted by Gasteiger charge is -2.09. The fraction of sp³-hybridized carbons (Fsp3) is 0.308. The van der Waals surface area contributed by atoms with Crippen LogP contribution >= 0.6 is 0 Å². The summed E-state index contributed by atoms with van der Waals surface area (Å²) in [6.45, 7) is 1.76. The number of nitrogens with zero attached hydrogens (tertiary/aromatic N) is 2. The van der Waals surface area contributed by atoms with Crippen molar-refractivity contribution in [3.63, 3.8) is 0 Å². The smallest absolute Gasteiger partial charge is 0.207 e. The predicted octanol–water partition coefficient (Wildman–Crippen LogP) is 3.41. The van der Waals surface area contributed by atoms with Crippen molar-refractivity contribution in [2.45, 2.75) is 25.8 Å². The molecule has 0 aliphatic heterocycles. The van der Waals surface area contributed by atoms with E-state index in [1.54, 1.807) is 25.3 Å². The summed E-state index contributed by atoms with van der Waals surface area (Å²) in [5.74, 6) is 0.652. The molecule has 0 unspecified atom stereocenters. The van der Waals surface area contributed by atoms with Crippen LogP contribution in [0.25, 0.3) is 0 Å². The summed E-state index contributed by atoms with van der Waals surface area (Å²) in [5, 5.41) is 3.23. The number of benzene rings is 1. The molecule has 1 fully saturated rings. The second kappa shape index (κ2) is 3.87. The zero-order valence-corrected chi connectivity index (χ0v) is 9.65. The highest BCUT2D eigenvalue weighted by Crippen LogP contribution is 2.37. The van der Waals surface area contributed by atoms with Gasteiger partial charge in [0.05, 0.1) is 0 Å². The molecular formula is C13H14FN3. The highest BCUT2D eigenvalue weighted by atomic mass is 19.1. The van der Waals surface area contributed by atoms with Crippen molar-refractivity contribution in [2.75, 3.05) is 5.32 Å². The molecule has 1 N–H and O–H groups in total. The Kier molecular flexibility index (Phi) is 2.35. The first kappa shape index (κ1) is 10.3. The van der Waals surface area contributed by atoms with Crippen molar-refractivity contribution in [3.8, 4) is 0 Å². The molecule has 0 radical (unpaired) electrons. The van der Waals surface area contributed by atoms with Gasteiger partial charge < -0.3 is 9.88 Å². The Hall–Kier alpha value is -1.84. The third-order valence-corrected chi connectivity index (χ3v) is 3.02. The van der Waals surface area contributed by atoms with Crippen LogP contribution in [-0.2, 0) is 0 Å². The summed E-state index contributed by atoms with van der Waals surface area (Å²) < 4.78 is 15.3. The second-order valence-electron chi connectivity index (χ2n) is 4.48. The van der Waals surface area contributed by atoms with Crippen LogP contribution < -0.4 is 5.32 Å². The van der Waals surface area contributed by atoms with Crippen LogP contribution in [0, 0.1) is 12.7 Å². The van der Waals surface area contributed by atoms with Crippen LogP contribution in [0.2, 0.25) is 0 Å². The monoisotopic (exact) mass is 231 g/mol. The molecule has 1 heterocycles. The Balaban J connectivity index is 1.85. The highest BCUT2D eigenvalue weighted by molar-refractivity contribution is 5.55. The maximum atomic E-state index is 13.1. The number of aromatic nitrogens is 2. The summed E-state index contributed by atoms with van der Waals surface area (Å²) in [7, 11) is 0. The van der Waals surface area contributed by atoms with E-state index in [4.69, 9.17) is 0 Å². The fourth-order valence-electron chi connectivity index (χ4n) is 1.91. The number of hydrogen-bond acceptors (Lipinski definition) is 2. The quantitative estimate of drug-likeness (QED) is 0.877. The molecule has 1 aromatic heterocycles. The van der Waals surface area contributed by atoms with Gasteiger partial charge >= 0.3 is 0 Å². The molecule has 1 aliphatic carbocycles. The zero-order chi connectivity index (χ0) is 11.8. The van der Waals surface area contributed by atoms with Crippen molar-refractivity contribution < 1.29 is 4.39 Å². The lowest BCUT2D eigenvalue weighted by atomic mass is 10.2. The minimum absolute atomic E-state index is 0.180. The Labute approximate surface area is 99.3 Å². The van der Waals surface area contributed by atoms with Crippen molar-refractivity contribution in [1.29, 1.82) is 0 Å². The van der Waals surface area contributed by atoms with E-state index in [0.29, 0.717) is 11.6 Å². The van der Waals surface area contributed by atoms with Gasteiger partial charge in [-0.15, -0.1) is 0 Å². The summed E-state index contributed by atoms with van der Waals surface area (Å²) >= 11 is 0. The zero-order valence-electron chi connectivity index (χ0n) is 9.65. The predicted molar refractivity (Wildman–Crippen MR) is 64.9 cm³/mol. The molecule has 0 amide bonds. The van der Waals surface area contributed by atoms with Gasteiger partial charge in [0.1, 0.15) is 5.82 Å². The molecule has 3 nitrogen and oxygen atoms in total. The summed E-state index contributed by atoms with van der Waals surface area (Å²) in [5.41, 5.74) is 1.51. The number of imidazole rings is 1. The number of rotatable bonds is 3. The maximum absolute atomic E-state index is 13.1. The molecular weight excluding hydrogens is 217 g/mol. The van der Waals surface area contributed by atoms with Crippen LogP contribution in [0.3, 0.4) is 0 Å². The lowest BCUT2D eigenvalue weighted by Crippen LogP contribution is -2.01. The fourth-order valence-corrected chi connectivity index (χ4v) is 1.91. The normalized spacial score (nSPS) is 14.9. The average Bonchev–Trinajstić information content (AvgIpc) is 3.05. The van der Waals surface area contributed by atoms with Gasteiger partial charge in [0, 0.05) is 24.1 Å². The second-order valence-corrected chi connectivity index (χ2v) is 4.48. The topological polar surface area (TPSA) is 29.9 Å².